The van der Waals surface area contributed by atoms with Crippen LogP contribution in [-0.4, -0.2) is 23.8 Å². The molecule has 1 aliphatic carbocycles. The smallest absolute Gasteiger partial charge is 0.0445 e. The lowest BCUT2D eigenvalue weighted by Crippen LogP contribution is -2.41. The van der Waals surface area contributed by atoms with Crippen LogP contribution in [0.2, 0.25) is 0 Å². The highest BCUT2D eigenvalue weighted by atomic mass is 16.3. The van der Waals surface area contributed by atoms with Crippen LogP contribution in [0.1, 0.15) is 59.3 Å². The van der Waals surface area contributed by atoms with Gasteiger partial charge in [0.05, 0.1) is 0 Å². The second kappa shape index (κ2) is 7.29. The molecule has 2 heteroatoms. The van der Waals surface area contributed by atoms with Crippen LogP contribution in [0.5, 0.6) is 0 Å². The summed E-state index contributed by atoms with van der Waals surface area (Å²) >= 11 is 0. The van der Waals surface area contributed by atoms with Crippen LogP contribution in [-0.2, 0) is 0 Å². The Bertz CT molecular complexity index is 176. The average Bonchev–Trinajstić information content (AvgIpc) is 2.69. The average molecular weight is 227 g/mol. The minimum absolute atomic E-state index is 0.298. The summed E-state index contributed by atoms with van der Waals surface area (Å²) < 4.78 is 0. The molecule has 96 valence electrons. The zero-order valence-electron chi connectivity index (χ0n) is 11.2. The van der Waals surface area contributed by atoms with Crippen LogP contribution in [0.15, 0.2) is 0 Å². The van der Waals surface area contributed by atoms with E-state index in [0.29, 0.717) is 24.6 Å². The summed E-state index contributed by atoms with van der Waals surface area (Å²) in [5.74, 6) is 1.56. The van der Waals surface area contributed by atoms with Gasteiger partial charge in [0.1, 0.15) is 0 Å². The highest BCUT2D eigenvalue weighted by molar-refractivity contribution is 4.78. The molecule has 0 aromatic rings. The number of aliphatic hydroxyl groups is 1. The van der Waals surface area contributed by atoms with Gasteiger partial charge in [0.25, 0.3) is 0 Å². The maximum absolute atomic E-state index is 9.04. The van der Waals surface area contributed by atoms with Gasteiger partial charge in [0.2, 0.25) is 0 Å². The van der Waals surface area contributed by atoms with E-state index in [1.165, 1.54) is 32.1 Å². The molecule has 2 N–H and O–H groups in total. The summed E-state index contributed by atoms with van der Waals surface area (Å²) in [6.07, 6.45) is 7.92. The molecular formula is C14H29NO. The van der Waals surface area contributed by atoms with Crippen LogP contribution in [0.25, 0.3) is 0 Å². The van der Waals surface area contributed by atoms with Gasteiger partial charge in [0.15, 0.2) is 0 Å². The van der Waals surface area contributed by atoms with Gasteiger partial charge < -0.3 is 10.4 Å². The Kier molecular flexibility index (Phi) is 6.37. The third-order valence-corrected chi connectivity index (χ3v) is 3.91. The molecule has 2 atom stereocenters. The van der Waals surface area contributed by atoms with E-state index in [9.17, 15) is 0 Å². The van der Waals surface area contributed by atoms with Crippen molar-refractivity contribution in [2.45, 2.75) is 71.4 Å². The van der Waals surface area contributed by atoms with Crippen molar-refractivity contribution in [2.24, 2.45) is 11.8 Å². The molecule has 0 heterocycles. The SMILES string of the molecule is CC(CC1CCCC1)NC(CCO)C(C)C. The molecule has 1 aliphatic rings. The standard InChI is InChI=1S/C14H29NO/c1-11(2)14(8-9-16)15-12(3)10-13-6-4-5-7-13/h11-16H,4-10H2,1-3H3. The predicted molar refractivity (Wildman–Crippen MR) is 69.5 cm³/mol. The third-order valence-electron chi connectivity index (χ3n) is 3.91. The summed E-state index contributed by atoms with van der Waals surface area (Å²) in [5, 5.41) is 12.7. The number of rotatable bonds is 7. The molecule has 0 aromatic carbocycles. The summed E-state index contributed by atoms with van der Waals surface area (Å²) in [7, 11) is 0. The molecular weight excluding hydrogens is 198 g/mol. The monoisotopic (exact) mass is 227 g/mol. The minimum Gasteiger partial charge on any atom is -0.396 e. The summed E-state index contributed by atoms with van der Waals surface area (Å²) in [5.41, 5.74) is 0. The van der Waals surface area contributed by atoms with Crippen molar-refractivity contribution < 1.29 is 5.11 Å². The fraction of sp³-hybridized carbons (Fsp3) is 1.00. The van der Waals surface area contributed by atoms with Gasteiger partial charge in [-0.1, -0.05) is 39.5 Å². The van der Waals surface area contributed by atoms with Crippen LogP contribution >= 0.6 is 0 Å². The maximum Gasteiger partial charge on any atom is 0.0445 e. The van der Waals surface area contributed by atoms with Crippen molar-refractivity contribution >= 4 is 0 Å². The Morgan fingerprint density at radius 2 is 1.81 bits per heavy atom. The van der Waals surface area contributed by atoms with Gasteiger partial charge in [-0.25, -0.2) is 0 Å². The molecule has 2 nitrogen and oxygen atoms in total. The predicted octanol–water partition coefficient (Wildman–Crippen LogP) is 2.95. The normalized spacial score (nSPS) is 21.6. The lowest BCUT2D eigenvalue weighted by molar-refractivity contribution is 0.230. The largest absolute Gasteiger partial charge is 0.396 e. The van der Waals surface area contributed by atoms with Crippen molar-refractivity contribution in [3.05, 3.63) is 0 Å². The Morgan fingerprint density at radius 3 is 2.31 bits per heavy atom. The van der Waals surface area contributed by atoms with Crippen LogP contribution in [0, 0.1) is 11.8 Å². The highest BCUT2D eigenvalue weighted by Gasteiger charge is 2.20. The summed E-state index contributed by atoms with van der Waals surface area (Å²) in [6.45, 7) is 7.06. The van der Waals surface area contributed by atoms with Crippen LogP contribution in [0.4, 0.5) is 0 Å². The van der Waals surface area contributed by atoms with Crippen LogP contribution in [0.3, 0.4) is 0 Å². The molecule has 0 spiro atoms. The van der Waals surface area contributed by atoms with Gasteiger partial charge in [-0.3, -0.25) is 0 Å². The number of hydrogen-bond acceptors (Lipinski definition) is 2. The van der Waals surface area contributed by atoms with E-state index in [1.54, 1.807) is 0 Å². The molecule has 16 heavy (non-hydrogen) atoms. The van der Waals surface area contributed by atoms with Crippen molar-refractivity contribution in [1.29, 1.82) is 0 Å². The van der Waals surface area contributed by atoms with Gasteiger partial charge in [0, 0.05) is 18.7 Å². The first-order valence-corrected chi connectivity index (χ1v) is 7.00. The minimum atomic E-state index is 0.298. The summed E-state index contributed by atoms with van der Waals surface area (Å²) in [6, 6.07) is 1.07. The second-order valence-corrected chi connectivity index (χ2v) is 5.82. The molecule has 2 unspecified atom stereocenters. The summed E-state index contributed by atoms with van der Waals surface area (Å²) in [4.78, 5) is 0. The molecule has 1 fully saturated rings. The lowest BCUT2D eigenvalue weighted by Gasteiger charge is -2.27. The molecule has 1 saturated carbocycles. The van der Waals surface area contributed by atoms with Crippen molar-refractivity contribution in [3.63, 3.8) is 0 Å². The second-order valence-electron chi connectivity index (χ2n) is 5.82. The van der Waals surface area contributed by atoms with E-state index in [0.717, 1.165) is 12.3 Å². The van der Waals surface area contributed by atoms with Crippen molar-refractivity contribution in [1.82, 2.24) is 5.32 Å². The molecule has 1 rings (SSSR count). The number of aliphatic hydroxyl groups excluding tert-OH is 1. The number of hydrogen-bond donors (Lipinski definition) is 2. The maximum atomic E-state index is 9.04. The topological polar surface area (TPSA) is 32.3 Å². The fourth-order valence-electron chi connectivity index (χ4n) is 2.93. The van der Waals surface area contributed by atoms with E-state index in [4.69, 9.17) is 5.11 Å². The fourth-order valence-corrected chi connectivity index (χ4v) is 2.93. The Hall–Kier alpha value is -0.0800. The Balaban J connectivity index is 2.26. The van der Waals surface area contributed by atoms with Gasteiger partial charge in [-0.15, -0.1) is 0 Å². The molecule has 0 radical (unpaired) electrons. The van der Waals surface area contributed by atoms with E-state index in [-0.39, 0.29) is 0 Å². The third kappa shape index (κ3) is 4.84. The zero-order chi connectivity index (χ0) is 12.0. The van der Waals surface area contributed by atoms with Gasteiger partial charge >= 0.3 is 0 Å². The number of nitrogens with one attached hydrogen (secondary N) is 1. The lowest BCUT2D eigenvalue weighted by atomic mass is 9.96. The first-order chi connectivity index (χ1) is 7.63. The highest BCUT2D eigenvalue weighted by Crippen LogP contribution is 2.28. The first-order valence-electron chi connectivity index (χ1n) is 7.00. The molecule has 0 aliphatic heterocycles. The quantitative estimate of drug-likeness (QED) is 0.701. The van der Waals surface area contributed by atoms with E-state index in [2.05, 4.69) is 26.1 Å². The Labute approximate surface area is 101 Å². The van der Waals surface area contributed by atoms with Crippen LogP contribution < -0.4 is 5.32 Å². The first kappa shape index (κ1) is 14.0. The van der Waals surface area contributed by atoms with Crippen molar-refractivity contribution in [2.75, 3.05) is 6.61 Å². The van der Waals surface area contributed by atoms with Gasteiger partial charge in [-0.05, 0) is 31.6 Å². The molecule has 0 amide bonds. The van der Waals surface area contributed by atoms with Gasteiger partial charge in [-0.2, -0.15) is 0 Å². The molecule has 0 bridgehead atoms. The van der Waals surface area contributed by atoms with E-state index >= 15 is 0 Å². The molecule has 0 saturated heterocycles. The van der Waals surface area contributed by atoms with Crippen molar-refractivity contribution in [3.8, 4) is 0 Å². The van der Waals surface area contributed by atoms with E-state index in [1.807, 2.05) is 0 Å². The molecule has 0 aromatic heterocycles. The zero-order valence-corrected chi connectivity index (χ0v) is 11.2. The van der Waals surface area contributed by atoms with E-state index < -0.39 is 0 Å². The Morgan fingerprint density at radius 1 is 1.19 bits per heavy atom.